The molecule has 0 spiro atoms. The number of thiazole rings is 1. The molecule has 0 amide bonds. The van der Waals surface area contributed by atoms with Crippen molar-refractivity contribution in [1.82, 2.24) is 4.98 Å². The van der Waals surface area contributed by atoms with Gasteiger partial charge in [-0.2, -0.15) is 0 Å². The fourth-order valence-electron chi connectivity index (χ4n) is 2.86. The summed E-state index contributed by atoms with van der Waals surface area (Å²) in [7, 11) is 0. The number of aromatic nitrogens is 1. The number of rotatable bonds is 2. The Morgan fingerprint density at radius 3 is 2.88 bits per heavy atom. The molecule has 1 aliphatic carbocycles. The zero-order valence-electron chi connectivity index (χ0n) is 9.93. The van der Waals surface area contributed by atoms with Crippen LogP contribution in [0.3, 0.4) is 0 Å². The van der Waals surface area contributed by atoms with Crippen molar-refractivity contribution in [2.45, 2.75) is 31.6 Å². The van der Waals surface area contributed by atoms with E-state index in [2.05, 4.69) is 24.3 Å². The molecule has 3 heteroatoms. The lowest BCUT2D eigenvalue weighted by Gasteiger charge is -2.28. The Morgan fingerprint density at radius 1 is 1.24 bits per heavy atom. The van der Waals surface area contributed by atoms with Gasteiger partial charge in [0, 0.05) is 5.92 Å². The van der Waals surface area contributed by atoms with Crippen LogP contribution in [0.4, 0.5) is 0 Å². The summed E-state index contributed by atoms with van der Waals surface area (Å²) in [5.74, 6) is 1.25. The molecule has 90 valence electrons. The summed E-state index contributed by atoms with van der Waals surface area (Å²) >= 11 is 1.86. The summed E-state index contributed by atoms with van der Waals surface area (Å²) in [5, 5.41) is 1.31. The summed E-state index contributed by atoms with van der Waals surface area (Å²) in [4.78, 5) is 4.80. The van der Waals surface area contributed by atoms with Gasteiger partial charge in [-0.1, -0.05) is 25.0 Å². The molecule has 1 aromatic heterocycles. The van der Waals surface area contributed by atoms with Crippen molar-refractivity contribution in [3.05, 3.63) is 29.3 Å². The van der Waals surface area contributed by atoms with Gasteiger partial charge in [-0.3, -0.25) is 0 Å². The average Bonchev–Trinajstić information content (AvgIpc) is 2.82. The molecule has 0 radical (unpaired) electrons. The van der Waals surface area contributed by atoms with Crippen molar-refractivity contribution in [3.63, 3.8) is 0 Å². The van der Waals surface area contributed by atoms with Crippen LogP contribution in [0.15, 0.2) is 24.3 Å². The molecule has 0 aliphatic heterocycles. The molecule has 2 atom stereocenters. The lowest BCUT2D eigenvalue weighted by atomic mass is 9.79. The molecule has 1 fully saturated rings. The van der Waals surface area contributed by atoms with Gasteiger partial charge in [-0.15, -0.1) is 11.3 Å². The molecule has 2 nitrogen and oxygen atoms in total. The summed E-state index contributed by atoms with van der Waals surface area (Å²) in [5.41, 5.74) is 7.05. The minimum absolute atomic E-state index is 0.603. The number of benzene rings is 1. The van der Waals surface area contributed by atoms with Crippen LogP contribution in [-0.2, 0) is 0 Å². The van der Waals surface area contributed by atoms with Gasteiger partial charge in [-0.05, 0) is 37.4 Å². The maximum atomic E-state index is 5.90. The van der Waals surface area contributed by atoms with Crippen LogP contribution >= 0.6 is 11.3 Å². The van der Waals surface area contributed by atoms with E-state index < -0.39 is 0 Å². The van der Waals surface area contributed by atoms with Crippen molar-refractivity contribution >= 4 is 21.6 Å². The molecule has 1 heterocycles. The molecule has 2 unspecified atom stereocenters. The molecule has 0 saturated heterocycles. The van der Waals surface area contributed by atoms with Gasteiger partial charge in [-0.25, -0.2) is 4.98 Å². The van der Waals surface area contributed by atoms with E-state index in [0.29, 0.717) is 11.8 Å². The van der Waals surface area contributed by atoms with Crippen LogP contribution < -0.4 is 5.73 Å². The molecule has 2 N–H and O–H groups in total. The Kier molecular flexibility index (Phi) is 3.12. The average molecular weight is 246 g/mol. The zero-order valence-corrected chi connectivity index (χ0v) is 10.7. The highest BCUT2D eigenvalue weighted by Gasteiger charge is 2.27. The number of hydrogen-bond donors (Lipinski definition) is 1. The Bertz CT molecular complexity index is 473. The smallest absolute Gasteiger partial charge is 0.0972 e. The first-order valence-corrected chi connectivity index (χ1v) is 7.25. The molecule has 1 saturated carbocycles. The summed E-state index contributed by atoms with van der Waals surface area (Å²) in [6.07, 6.45) is 5.21. The van der Waals surface area contributed by atoms with Crippen molar-refractivity contribution < 1.29 is 0 Å². The van der Waals surface area contributed by atoms with E-state index in [0.717, 1.165) is 12.1 Å². The van der Waals surface area contributed by atoms with E-state index in [9.17, 15) is 0 Å². The van der Waals surface area contributed by atoms with E-state index >= 15 is 0 Å². The Hall–Kier alpha value is -0.930. The second kappa shape index (κ2) is 4.75. The second-order valence-corrected chi connectivity index (χ2v) is 5.97. The SMILES string of the molecule is NCC1CCCCC1c1nc2ccccc2s1. The number of hydrogen-bond acceptors (Lipinski definition) is 3. The number of nitrogens with two attached hydrogens (primary N) is 1. The van der Waals surface area contributed by atoms with Crippen LogP contribution in [0.5, 0.6) is 0 Å². The lowest BCUT2D eigenvalue weighted by Crippen LogP contribution is -2.25. The first-order chi connectivity index (χ1) is 8.38. The van der Waals surface area contributed by atoms with Gasteiger partial charge in [0.25, 0.3) is 0 Å². The summed E-state index contributed by atoms with van der Waals surface area (Å²) < 4.78 is 1.31. The molecule has 2 aromatic rings. The van der Waals surface area contributed by atoms with E-state index in [1.807, 2.05) is 11.3 Å². The molecular weight excluding hydrogens is 228 g/mol. The Labute approximate surface area is 106 Å². The quantitative estimate of drug-likeness (QED) is 0.880. The number of para-hydroxylation sites is 1. The third-order valence-corrected chi connectivity index (χ3v) is 5.01. The van der Waals surface area contributed by atoms with Crippen molar-refractivity contribution in [1.29, 1.82) is 0 Å². The van der Waals surface area contributed by atoms with Crippen molar-refractivity contribution in [3.8, 4) is 0 Å². The Balaban J connectivity index is 1.96. The highest BCUT2D eigenvalue weighted by molar-refractivity contribution is 7.18. The molecule has 1 aromatic carbocycles. The minimum Gasteiger partial charge on any atom is -0.330 e. The van der Waals surface area contributed by atoms with Crippen LogP contribution in [-0.4, -0.2) is 11.5 Å². The topological polar surface area (TPSA) is 38.9 Å². The highest BCUT2D eigenvalue weighted by atomic mass is 32.1. The maximum absolute atomic E-state index is 5.90. The zero-order chi connectivity index (χ0) is 11.7. The highest BCUT2D eigenvalue weighted by Crippen LogP contribution is 2.40. The monoisotopic (exact) mass is 246 g/mol. The fraction of sp³-hybridized carbons (Fsp3) is 0.500. The first kappa shape index (κ1) is 11.2. The van der Waals surface area contributed by atoms with Crippen LogP contribution in [0.2, 0.25) is 0 Å². The van der Waals surface area contributed by atoms with Crippen LogP contribution in [0, 0.1) is 5.92 Å². The van der Waals surface area contributed by atoms with Gasteiger partial charge in [0.1, 0.15) is 0 Å². The van der Waals surface area contributed by atoms with Gasteiger partial charge >= 0.3 is 0 Å². The predicted molar refractivity (Wildman–Crippen MR) is 73.4 cm³/mol. The minimum atomic E-state index is 0.603. The predicted octanol–water partition coefficient (Wildman–Crippen LogP) is 3.53. The standard InChI is InChI=1S/C14H18N2S/c15-9-10-5-1-2-6-11(10)14-16-12-7-3-4-8-13(12)17-14/h3-4,7-8,10-11H,1-2,5-6,9,15H2. The molecule has 1 aliphatic rings. The molecule has 3 rings (SSSR count). The molecule has 17 heavy (non-hydrogen) atoms. The van der Waals surface area contributed by atoms with E-state index in [-0.39, 0.29) is 0 Å². The molecule has 0 bridgehead atoms. The summed E-state index contributed by atoms with van der Waals surface area (Å²) in [6.45, 7) is 0.806. The van der Waals surface area contributed by atoms with Crippen LogP contribution in [0.1, 0.15) is 36.6 Å². The van der Waals surface area contributed by atoms with Crippen LogP contribution in [0.25, 0.3) is 10.2 Å². The molecular formula is C14H18N2S. The number of nitrogens with zero attached hydrogens (tertiary/aromatic N) is 1. The second-order valence-electron chi connectivity index (χ2n) is 4.91. The lowest BCUT2D eigenvalue weighted by molar-refractivity contribution is 0.314. The maximum Gasteiger partial charge on any atom is 0.0972 e. The first-order valence-electron chi connectivity index (χ1n) is 6.44. The third-order valence-electron chi connectivity index (χ3n) is 3.84. The van der Waals surface area contributed by atoms with Gasteiger partial charge in [0.05, 0.1) is 15.2 Å². The van der Waals surface area contributed by atoms with Gasteiger partial charge < -0.3 is 5.73 Å². The summed E-state index contributed by atoms with van der Waals surface area (Å²) in [6, 6.07) is 8.42. The van der Waals surface area contributed by atoms with E-state index in [4.69, 9.17) is 10.7 Å². The normalized spacial score (nSPS) is 25.2. The number of fused-ring (bicyclic) bond motifs is 1. The van der Waals surface area contributed by atoms with Gasteiger partial charge in [0.2, 0.25) is 0 Å². The Morgan fingerprint density at radius 2 is 2.06 bits per heavy atom. The fourth-order valence-corrected chi connectivity index (χ4v) is 4.06. The van der Waals surface area contributed by atoms with Crippen molar-refractivity contribution in [2.24, 2.45) is 11.7 Å². The van der Waals surface area contributed by atoms with Gasteiger partial charge in [0.15, 0.2) is 0 Å². The van der Waals surface area contributed by atoms with E-state index in [1.165, 1.54) is 35.4 Å². The van der Waals surface area contributed by atoms with E-state index in [1.54, 1.807) is 0 Å². The third kappa shape index (κ3) is 2.09. The largest absolute Gasteiger partial charge is 0.330 e. The van der Waals surface area contributed by atoms with Crippen molar-refractivity contribution in [2.75, 3.05) is 6.54 Å².